The van der Waals surface area contributed by atoms with Gasteiger partial charge in [-0.25, -0.2) is 5.48 Å². The van der Waals surface area contributed by atoms with Crippen LogP contribution in [-0.2, 0) is 9.63 Å². The fraction of sp³-hybridized carbons (Fsp3) is 0.778. The third-order valence-electron chi connectivity index (χ3n) is 2.72. The zero-order valence-electron chi connectivity index (χ0n) is 8.82. The van der Waals surface area contributed by atoms with E-state index in [0.717, 1.165) is 19.0 Å². The Kier molecular flexibility index (Phi) is 3.05. The number of carbonyl (C=O) groups excluding carboxylic acids is 1. The van der Waals surface area contributed by atoms with Crippen LogP contribution in [0, 0.1) is 0 Å². The van der Waals surface area contributed by atoms with Gasteiger partial charge in [0, 0.05) is 6.54 Å². The number of hydroxylamine groups is 1. The van der Waals surface area contributed by atoms with E-state index in [2.05, 4.69) is 25.5 Å². The van der Waals surface area contributed by atoms with E-state index in [1.807, 2.05) is 0 Å². The number of fused-ring (bicyclic) bond motifs is 1. The van der Waals surface area contributed by atoms with Crippen molar-refractivity contribution >= 4 is 11.9 Å². The molecule has 2 aliphatic heterocycles. The van der Waals surface area contributed by atoms with Crippen molar-refractivity contribution < 1.29 is 9.63 Å². The molecule has 1 saturated heterocycles. The van der Waals surface area contributed by atoms with E-state index in [1.54, 1.807) is 0 Å². The standard InChI is InChI=1S/C9H16N4O2/c1-15-12-8(14)6-11-9-10-5-7-3-2-4-13(7)9/h7H,2-6H2,1H3,(H,10,11)(H,12,14)/t7-/m1/s1. The third kappa shape index (κ3) is 2.20. The normalized spacial score (nSPS) is 23.7. The van der Waals surface area contributed by atoms with Crippen LogP contribution in [0.25, 0.3) is 0 Å². The molecule has 0 spiro atoms. The highest BCUT2D eigenvalue weighted by Gasteiger charge is 2.31. The number of guanidine groups is 1. The van der Waals surface area contributed by atoms with Crippen LogP contribution in [0.5, 0.6) is 0 Å². The summed E-state index contributed by atoms with van der Waals surface area (Å²) in [5.41, 5.74) is 2.25. The Balaban J connectivity index is 1.78. The molecule has 0 radical (unpaired) electrons. The highest BCUT2D eigenvalue weighted by molar-refractivity contribution is 5.87. The Morgan fingerprint density at radius 1 is 1.73 bits per heavy atom. The Morgan fingerprint density at radius 3 is 3.40 bits per heavy atom. The average molecular weight is 212 g/mol. The van der Waals surface area contributed by atoms with Gasteiger partial charge in [-0.1, -0.05) is 0 Å². The first kappa shape index (κ1) is 10.2. The molecule has 0 aromatic heterocycles. The van der Waals surface area contributed by atoms with Crippen molar-refractivity contribution in [1.82, 2.24) is 15.7 Å². The molecule has 1 fully saturated rings. The van der Waals surface area contributed by atoms with Gasteiger partial charge in [-0.15, -0.1) is 0 Å². The zero-order valence-corrected chi connectivity index (χ0v) is 8.82. The summed E-state index contributed by atoms with van der Waals surface area (Å²) >= 11 is 0. The summed E-state index contributed by atoms with van der Waals surface area (Å²) in [5, 5.41) is 3.02. The van der Waals surface area contributed by atoms with E-state index < -0.39 is 0 Å². The van der Waals surface area contributed by atoms with Crippen molar-refractivity contribution in [3.05, 3.63) is 0 Å². The molecule has 2 N–H and O–H groups in total. The van der Waals surface area contributed by atoms with Crippen molar-refractivity contribution in [2.45, 2.75) is 18.9 Å². The molecule has 0 bridgehead atoms. The fourth-order valence-corrected chi connectivity index (χ4v) is 2.05. The maximum atomic E-state index is 11.1. The van der Waals surface area contributed by atoms with Gasteiger partial charge in [0.1, 0.15) is 0 Å². The van der Waals surface area contributed by atoms with E-state index >= 15 is 0 Å². The monoisotopic (exact) mass is 212 g/mol. The highest BCUT2D eigenvalue weighted by atomic mass is 16.6. The topological polar surface area (TPSA) is 66.0 Å². The quantitative estimate of drug-likeness (QED) is 0.594. The van der Waals surface area contributed by atoms with Gasteiger partial charge in [0.25, 0.3) is 5.91 Å². The Labute approximate surface area is 88.6 Å². The number of amides is 1. The summed E-state index contributed by atoms with van der Waals surface area (Å²) < 4.78 is 0. The van der Waals surface area contributed by atoms with Crippen LogP contribution in [0.3, 0.4) is 0 Å². The smallest absolute Gasteiger partial charge is 0.262 e. The van der Waals surface area contributed by atoms with Gasteiger partial charge in [0.05, 0.1) is 26.2 Å². The number of aliphatic imine (C=N–C) groups is 1. The number of hydrogen-bond acceptors (Lipinski definition) is 5. The first-order valence-corrected chi connectivity index (χ1v) is 5.18. The predicted octanol–water partition coefficient (Wildman–Crippen LogP) is -0.912. The molecule has 0 aromatic carbocycles. The van der Waals surface area contributed by atoms with Gasteiger partial charge < -0.3 is 10.2 Å². The van der Waals surface area contributed by atoms with Gasteiger partial charge in [-0.2, -0.15) is 0 Å². The minimum absolute atomic E-state index is 0.192. The van der Waals surface area contributed by atoms with Gasteiger partial charge in [-0.3, -0.25) is 14.6 Å². The summed E-state index contributed by atoms with van der Waals surface area (Å²) in [4.78, 5) is 22.2. The summed E-state index contributed by atoms with van der Waals surface area (Å²) in [7, 11) is 1.42. The predicted molar refractivity (Wildman–Crippen MR) is 55.2 cm³/mol. The Morgan fingerprint density at radius 2 is 2.60 bits per heavy atom. The lowest BCUT2D eigenvalue weighted by Gasteiger charge is -2.20. The number of nitrogens with one attached hydrogen (secondary N) is 2. The van der Waals surface area contributed by atoms with Crippen molar-refractivity contribution in [2.24, 2.45) is 4.99 Å². The third-order valence-corrected chi connectivity index (χ3v) is 2.72. The molecule has 2 rings (SSSR count). The second-order valence-electron chi connectivity index (χ2n) is 3.74. The van der Waals surface area contributed by atoms with Crippen molar-refractivity contribution in [1.29, 1.82) is 0 Å². The Hall–Kier alpha value is -1.30. The van der Waals surface area contributed by atoms with Gasteiger partial charge >= 0.3 is 0 Å². The second kappa shape index (κ2) is 4.48. The molecule has 1 amide bonds. The number of nitrogens with zero attached hydrogens (tertiary/aromatic N) is 2. The highest BCUT2D eigenvalue weighted by Crippen LogP contribution is 2.21. The van der Waals surface area contributed by atoms with E-state index in [0.29, 0.717) is 6.04 Å². The summed E-state index contributed by atoms with van der Waals surface area (Å²) in [5.74, 6) is 0.659. The molecule has 0 saturated carbocycles. The molecule has 6 heteroatoms. The lowest BCUT2D eigenvalue weighted by atomic mass is 10.2. The number of carbonyl (C=O) groups is 1. The van der Waals surface area contributed by atoms with E-state index in [-0.39, 0.29) is 12.5 Å². The van der Waals surface area contributed by atoms with E-state index in [9.17, 15) is 4.79 Å². The Bertz CT molecular complexity index is 279. The summed E-state index contributed by atoms with van der Waals surface area (Å²) in [6.45, 7) is 2.10. The number of hydrogen-bond donors (Lipinski definition) is 2. The minimum atomic E-state index is -0.192. The van der Waals surface area contributed by atoms with Crippen LogP contribution in [-0.4, -0.2) is 49.6 Å². The maximum absolute atomic E-state index is 11.1. The molecule has 0 unspecified atom stereocenters. The van der Waals surface area contributed by atoms with Gasteiger partial charge in [-0.05, 0) is 12.8 Å². The maximum Gasteiger partial charge on any atom is 0.262 e. The molecular formula is C9H16N4O2. The minimum Gasteiger partial charge on any atom is -0.347 e. The molecule has 2 heterocycles. The number of rotatable bonds is 3. The lowest BCUT2D eigenvalue weighted by Crippen LogP contribution is -2.44. The molecular weight excluding hydrogens is 196 g/mol. The van der Waals surface area contributed by atoms with Crippen molar-refractivity contribution in [3.8, 4) is 0 Å². The average Bonchev–Trinajstić information content (AvgIpc) is 2.77. The molecule has 2 aliphatic rings. The van der Waals surface area contributed by atoms with E-state index in [1.165, 1.54) is 20.0 Å². The SMILES string of the molecule is CONC(=O)CNC1=NC[C@H]2CCCN12. The van der Waals surface area contributed by atoms with Crippen LogP contribution >= 0.6 is 0 Å². The van der Waals surface area contributed by atoms with Crippen LogP contribution < -0.4 is 10.8 Å². The summed E-state index contributed by atoms with van der Waals surface area (Å²) in [6.07, 6.45) is 2.43. The molecule has 1 atom stereocenters. The van der Waals surface area contributed by atoms with Crippen LogP contribution in [0.15, 0.2) is 4.99 Å². The first-order chi connectivity index (χ1) is 7.31. The van der Waals surface area contributed by atoms with Crippen LogP contribution in [0.4, 0.5) is 0 Å². The molecule has 15 heavy (non-hydrogen) atoms. The first-order valence-electron chi connectivity index (χ1n) is 5.18. The van der Waals surface area contributed by atoms with Crippen molar-refractivity contribution in [2.75, 3.05) is 26.7 Å². The van der Waals surface area contributed by atoms with Crippen LogP contribution in [0.2, 0.25) is 0 Å². The molecule has 6 nitrogen and oxygen atoms in total. The zero-order chi connectivity index (χ0) is 10.7. The molecule has 84 valence electrons. The lowest BCUT2D eigenvalue weighted by molar-refractivity contribution is -0.130. The largest absolute Gasteiger partial charge is 0.347 e. The second-order valence-corrected chi connectivity index (χ2v) is 3.74. The summed E-state index contributed by atoms with van der Waals surface area (Å²) in [6, 6.07) is 0.554. The van der Waals surface area contributed by atoms with E-state index in [4.69, 9.17) is 0 Å². The van der Waals surface area contributed by atoms with Gasteiger partial charge in [0.15, 0.2) is 5.96 Å². The van der Waals surface area contributed by atoms with Gasteiger partial charge in [0.2, 0.25) is 0 Å². The fourth-order valence-electron chi connectivity index (χ4n) is 2.05. The molecule has 0 aliphatic carbocycles. The van der Waals surface area contributed by atoms with Crippen molar-refractivity contribution in [3.63, 3.8) is 0 Å². The molecule has 0 aromatic rings. The van der Waals surface area contributed by atoms with Crippen LogP contribution in [0.1, 0.15) is 12.8 Å².